The van der Waals surface area contributed by atoms with Gasteiger partial charge in [-0.3, -0.25) is 15.0 Å². The van der Waals surface area contributed by atoms with Gasteiger partial charge in [-0.1, -0.05) is 0 Å². The van der Waals surface area contributed by atoms with Crippen LogP contribution in [0.2, 0.25) is 0 Å². The number of carbonyl (C=O) groups excluding carboxylic acids is 1. The number of benzene rings is 1. The van der Waals surface area contributed by atoms with Crippen molar-refractivity contribution in [3.8, 4) is 0 Å². The number of hydrogen-bond acceptors (Lipinski definition) is 6. The van der Waals surface area contributed by atoms with E-state index in [0.717, 1.165) is 49.7 Å². The first-order chi connectivity index (χ1) is 14.0. The largest absolute Gasteiger partial charge is 0.480 e. The summed E-state index contributed by atoms with van der Waals surface area (Å²) < 4.78 is 5.84. The van der Waals surface area contributed by atoms with Crippen LogP contribution >= 0.6 is 0 Å². The maximum atomic E-state index is 12.5. The zero-order valence-electron chi connectivity index (χ0n) is 16.3. The lowest BCUT2D eigenvalue weighted by Gasteiger charge is -2.37. The predicted octanol–water partition coefficient (Wildman–Crippen LogP) is 1.53. The minimum atomic E-state index is -1.05. The molecule has 2 aromatic rings. The summed E-state index contributed by atoms with van der Waals surface area (Å²) in [4.78, 5) is 25.7. The molecule has 2 aliphatic rings. The molecule has 8 heteroatoms. The Kier molecular flexibility index (Phi) is 5.27. The molecule has 0 fully saturated rings. The van der Waals surface area contributed by atoms with Crippen molar-refractivity contribution >= 4 is 28.5 Å². The number of anilines is 1. The Hall–Kier alpha value is -2.87. The van der Waals surface area contributed by atoms with E-state index >= 15 is 0 Å². The minimum absolute atomic E-state index is 0.152. The Morgan fingerprint density at radius 3 is 2.79 bits per heavy atom. The number of hydrogen-bond donors (Lipinski definition) is 4. The minimum Gasteiger partial charge on any atom is -0.480 e. The predicted molar refractivity (Wildman–Crippen MR) is 108 cm³/mol. The SMILES string of the molecule is N=c1oc2c3c4c(cc2cc1C(=O)NCCC[C@@H](N)C(=O)O)CCCN4CCC3. The van der Waals surface area contributed by atoms with Gasteiger partial charge in [-0.15, -0.1) is 0 Å². The molecular weight excluding hydrogens is 372 g/mol. The first-order valence-corrected chi connectivity index (χ1v) is 10.1. The van der Waals surface area contributed by atoms with E-state index in [1.807, 2.05) is 0 Å². The van der Waals surface area contributed by atoms with Crippen molar-refractivity contribution < 1.29 is 19.1 Å². The van der Waals surface area contributed by atoms with Gasteiger partial charge in [-0.2, -0.15) is 0 Å². The van der Waals surface area contributed by atoms with Gasteiger partial charge in [-0.25, -0.2) is 0 Å². The lowest BCUT2D eigenvalue weighted by molar-refractivity contribution is -0.138. The molecule has 0 saturated carbocycles. The van der Waals surface area contributed by atoms with Crippen LogP contribution in [0.4, 0.5) is 5.69 Å². The molecule has 8 nitrogen and oxygen atoms in total. The van der Waals surface area contributed by atoms with Crippen LogP contribution in [0.15, 0.2) is 16.5 Å². The summed E-state index contributed by atoms with van der Waals surface area (Å²) in [6.07, 6.45) is 4.85. The molecule has 1 amide bonds. The van der Waals surface area contributed by atoms with Crippen LogP contribution in [0.5, 0.6) is 0 Å². The number of fused-ring (bicyclic) bond motifs is 2. The van der Waals surface area contributed by atoms with Gasteiger partial charge in [0.25, 0.3) is 5.91 Å². The van der Waals surface area contributed by atoms with Crippen molar-refractivity contribution in [1.29, 1.82) is 5.41 Å². The van der Waals surface area contributed by atoms with Crippen molar-refractivity contribution in [2.75, 3.05) is 24.5 Å². The van der Waals surface area contributed by atoms with E-state index in [1.165, 1.54) is 11.3 Å². The standard InChI is InChI=1S/C21H26N4O4/c22-16(21(27)28)6-1-7-24-20(26)15-11-13-10-12-4-2-8-25-9-3-5-14(17(12)25)18(13)29-19(15)23/h10-11,16,23H,1-9,22H2,(H,24,26)(H,27,28)/t16-/m1/s1. The van der Waals surface area contributed by atoms with Crippen molar-refractivity contribution in [2.45, 2.75) is 44.6 Å². The lowest BCUT2D eigenvalue weighted by atomic mass is 9.90. The quantitative estimate of drug-likeness (QED) is 0.546. The molecule has 0 unspecified atom stereocenters. The van der Waals surface area contributed by atoms with Gasteiger partial charge in [0.2, 0.25) is 5.55 Å². The van der Waals surface area contributed by atoms with Gasteiger partial charge in [0.15, 0.2) is 0 Å². The number of aliphatic carboxylic acids is 1. The third kappa shape index (κ3) is 3.72. The van der Waals surface area contributed by atoms with Gasteiger partial charge < -0.3 is 25.5 Å². The maximum absolute atomic E-state index is 12.5. The topological polar surface area (TPSA) is 133 Å². The summed E-state index contributed by atoms with van der Waals surface area (Å²) in [5.74, 6) is -1.44. The van der Waals surface area contributed by atoms with Gasteiger partial charge in [0.1, 0.15) is 17.2 Å². The van der Waals surface area contributed by atoms with E-state index in [2.05, 4.69) is 16.3 Å². The number of rotatable bonds is 6. The summed E-state index contributed by atoms with van der Waals surface area (Å²) in [5.41, 5.74) is 9.94. The number of nitrogens with zero attached hydrogens (tertiary/aromatic N) is 1. The van der Waals surface area contributed by atoms with Gasteiger partial charge in [0, 0.05) is 36.3 Å². The number of nitrogens with two attached hydrogens (primary N) is 1. The second kappa shape index (κ2) is 7.87. The van der Waals surface area contributed by atoms with Crippen LogP contribution in [-0.4, -0.2) is 42.7 Å². The molecule has 154 valence electrons. The highest BCUT2D eigenvalue weighted by Gasteiger charge is 2.27. The summed E-state index contributed by atoms with van der Waals surface area (Å²) in [7, 11) is 0. The number of amides is 1. The molecule has 5 N–H and O–H groups in total. The van der Waals surface area contributed by atoms with Crippen LogP contribution in [-0.2, 0) is 17.6 Å². The van der Waals surface area contributed by atoms with E-state index in [-0.39, 0.29) is 17.5 Å². The molecule has 1 aromatic heterocycles. The Morgan fingerprint density at radius 1 is 1.28 bits per heavy atom. The fraction of sp³-hybridized carbons (Fsp3) is 0.476. The molecule has 0 spiro atoms. The van der Waals surface area contributed by atoms with E-state index in [9.17, 15) is 9.59 Å². The average molecular weight is 398 g/mol. The third-order valence-electron chi connectivity index (χ3n) is 5.79. The Bertz CT molecular complexity index is 1030. The Balaban J connectivity index is 1.58. The van der Waals surface area contributed by atoms with E-state index < -0.39 is 17.9 Å². The zero-order chi connectivity index (χ0) is 20.5. The monoisotopic (exact) mass is 398 g/mol. The van der Waals surface area contributed by atoms with Crippen LogP contribution in [0.25, 0.3) is 11.0 Å². The maximum Gasteiger partial charge on any atom is 0.320 e. The van der Waals surface area contributed by atoms with Gasteiger partial charge in [-0.05, 0) is 56.2 Å². The van der Waals surface area contributed by atoms with Crippen molar-refractivity contribution in [3.63, 3.8) is 0 Å². The van der Waals surface area contributed by atoms with E-state index in [1.54, 1.807) is 6.07 Å². The van der Waals surface area contributed by atoms with E-state index in [4.69, 9.17) is 20.7 Å². The molecule has 0 radical (unpaired) electrons. The lowest BCUT2D eigenvalue weighted by Crippen LogP contribution is -2.35. The van der Waals surface area contributed by atoms with Crippen LogP contribution < -0.4 is 21.5 Å². The van der Waals surface area contributed by atoms with Crippen LogP contribution in [0.1, 0.15) is 47.2 Å². The summed E-state index contributed by atoms with van der Waals surface area (Å²) in [6.45, 7) is 2.41. The highest BCUT2D eigenvalue weighted by atomic mass is 16.4. The molecule has 0 aliphatic carbocycles. The number of nitrogens with one attached hydrogen (secondary N) is 2. The molecule has 1 atom stereocenters. The summed E-state index contributed by atoms with van der Waals surface area (Å²) in [5, 5.41) is 20.6. The van der Waals surface area contributed by atoms with Gasteiger partial charge in [0.05, 0.1) is 0 Å². The highest BCUT2D eigenvalue weighted by Crippen LogP contribution is 2.39. The molecule has 29 heavy (non-hydrogen) atoms. The summed E-state index contributed by atoms with van der Waals surface area (Å²) >= 11 is 0. The van der Waals surface area contributed by atoms with Crippen LogP contribution in [0.3, 0.4) is 0 Å². The smallest absolute Gasteiger partial charge is 0.320 e. The first-order valence-electron chi connectivity index (χ1n) is 10.1. The number of carbonyl (C=O) groups is 2. The van der Waals surface area contributed by atoms with Crippen molar-refractivity contribution in [2.24, 2.45) is 5.73 Å². The second-order valence-corrected chi connectivity index (χ2v) is 7.81. The Morgan fingerprint density at radius 2 is 2.03 bits per heavy atom. The van der Waals surface area contributed by atoms with Crippen molar-refractivity contribution in [3.05, 3.63) is 34.4 Å². The molecule has 0 saturated heterocycles. The number of carboxylic acid groups (broad SMARTS) is 1. The molecule has 1 aromatic carbocycles. The molecule has 0 bridgehead atoms. The van der Waals surface area contributed by atoms with E-state index in [0.29, 0.717) is 18.5 Å². The number of carboxylic acids is 1. The molecule has 3 heterocycles. The fourth-order valence-electron chi connectivity index (χ4n) is 4.37. The normalized spacial score (nSPS) is 16.4. The fourth-order valence-corrected chi connectivity index (χ4v) is 4.37. The van der Waals surface area contributed by atoms with Gasteiger partial charge >= 0.3 is 5.97 Å². The Labute approximate surface area is 168 Å². The molecular formula is C21H26N4O4. The second-order valence-electron chi connectivity index (χ2n) is 7.81. The highest BCUT2D eigenvalue weighted by molar-refractivity contribution is 5.98. The first kappa shape index (κ1) is 19.4. The average Bonchev–Trinajstić information content (AvgIpc) is 2.71. The number of aryl methyl sites for hydroxylation is 2. The third-order valence-corrected chi connectivity index (χ3v) is 5.79. The zero-order valence-corrected chi connectivity index (χ0v) is 16.3. The molecule has 2 aliphatic heterocycles. The van der Waals surface area contributed by atoms with Crippen molar-refractivity contribution in [1.82, 2.24) is 5.32 Å². The molecule has 4 rings (SSSR count). The van der Waals surface area contributed by atoms with Crippen LogP contribution in [0, 0.1) is 5.41 Å². The summed E-state index contributed by atoms with van der Waals surface area (Å²) in [6, 6.07) is 2.90.